The van der Waals surface area contributed by atoms with Crippen molar-refractivity contribution in [3.63, 3.8) is 0 Å². The monoisotopic (exact) mass is 183 g/mol. The van der Waals surface area contributed by atoms with E-state index in [2.05, 4.69) is 0 Å². The minimum absolute atomic E-state index is 0.0566. The molecule has 13 heavy (non-hydrogen) atoms. The maximum Gasteiger partial charge on any atom is 0.246 e. The number of amides is 1. The summed E-state index contributed by atoms with van der Waals surface area (Å²) in [6.45, 7) is 0. The highest BCUT2D eigenvalue weighted by molar-refractivity contribution is 5.74. The van der Waals surface area contributed by atoms with Gasteiger partial charge >= 0.3 is 0 Å². The van der Waals surface area contributed by atoms with Crippen LogP contribution < -0.4 is 0 Å². The van der Waals surface area contributed by atoms with Gasteiger partial charge in [0, 0.05) is 19.9 Å². The van der Waals surface area contributed by atoms with Crippen molar-refractivity contribution in [3.05, 3.63) is 24.2 Å². The third-order valence-electron chi connectivity index (χ3n) is 1.79. The van der Waals surface area contributed by atoms with Crippen molar-refractivity contribution in [1.29, 1.82) is 0 Å². The van der Waals surface area contributed by atoms with E-state index >= 15 is 0 Å². The fourth-order valence-corrected chi connectivity index (χ4v) is 0.944. The van der Waals surface area contributed by atoms with Crippen LogP contribution in [0.25, 0.3) is 0 Å². The Hall–Kier alpha value is -1.29. The molecule has 1 rings (SSSR count). The van der Waals surface area contributed by atoms with Crippen LogP contribution in [0, 0.1) is 0 Å². The first-order valence-corrected chi connectivity index (χ1v) is 4.07. The van der Waals surface area contributed by atoms with Crippen molar-refractivity contribution in [2.75, 3.05) is 14.2 Å². The molecule has 0 aromatic carbocycles. The average molecular weight is 183 g/mol. The van der Waals surface area contributed by atoms with Gasteiger partial charge in [0.05, 0.1) is 13.4 Å². The van der Waals surface area contributed by atoms with Crippen LogP contribution in [0.15, 0.2) is 22.8 Å². The molecule has 0 unspecified atom stereocenters. The molecule has 0 radical (unpaired) electrons. The van der Waals surface area contributed by atoms with Crippen LogP contribution >= 0.6 is 0 Å². The number of rotatable bonds is 4. The molecule has 0 saturated heterocycles. The lowest BCUT2D eigenvalue weighted by Gasteiger charge is -2.12. The summed E-state index contributed by atoms with van der Waals surface area (Å²) < 4.78 is 5.09. The molecule has 72 valence electrons. The van der Waals surface area contributed by atoms with Gasteiger partial charge < -0.3 is 4.42 Å². The largest absolute Gasteiger partial charge is 0.469 e. The topological polar surface area (TPSA) is 42.7 Å². The van der Waals surface area contributed by atoms with E-state index in [1.54, 1.807) is 19.4 Å². The number of hydroxylamine groups is 2. The summed E-state index contributed by atoms with van der Waals surface area (Å²) in [7, 11) is 3.05. The van der Waals surface area contributed by atoms with Crippen LogP contribution in [0.3, 0.4) is 0 Å². The summed E-state index contributed by atoms with van der Waals surface area (Å²) >= 11 is 0. The van der Waals surface area contributed by atoms with Gasteiger partial charge in [0.2, 0.25) is 5.91 Å². The van der Waals surface area contributed by atoms with Gasteiger partial charge in [-0.25, -0.2) is 5.06 Å². The van der Waals surface area contributed by atoms with Gasteiger partial charge in [-0.1, -0.05) is 0 Å². The highest BCUT2D eigenvalue weighted by Crippen LogP contribution is 2.04. The second-order valence-electron chi connectivity index (χ2n) is 2.65. The normalized spacial score (nSPS) is 10.0. The summed E-state index contributed by atoms with van der Waals surface area (Å²) in [5.74, 6) is 0.761. The smallest absolute Gasteiger partial charge is 0.246 e. The zero-order chi connectivity index (χ0) is 9.68. The molecule has 1 amide bonds. The van der Waals surface area contributed by atoms with Crippen molar-refractivity contribution in [2.24, 2.45) is 0 Å². The fraction of sp³-hybridized carbons (Fsp3) is 0.444. The number of aryl methyl sites for hydroxylation is 1. The van der Waals surface area contributed by atoms with Gasteiger partial charge in [-0.05, 0) is 12.1 Å². The van der Waals surface area contributed by atoms with Crippen molar-refractivity contribution in [2.45, 2.75) is 12.8 Å². The molecule has 1 aromatic heterocycles. The lowest BCUT2D eigenvalue weighted by molar-refractivity contribution is -0.168. The van der Waals surface area contributed by atoms with Gasteiger partial charge in [-0.2, -0.15) is 0 Å². The first kappa shape index (κ1) is 9.80. The Kier molecular flexibility index (Phi) is 3.52. The molecular formula is C9H13NO3. The molecule has 0 aliphatic carbocycles. The maximum absolute atomic E-state index is 11.2. The molecule has 1 aromatic rings. The maximum atomic E-state index is 11.2. The Morgan fingerprint density at radius 1 is 1.69 bits per heavy atom. The lowest BCUT2D eigenvalue weighted by Crippen LogP contribution is -2.25. The van der Waals surface area contributed by atoms with Crippen molar-refractivity contribution < 1.29 is 14.0 Å². The predicted octanol–water partition coefficient (Wildman–Crippen LogP) is 1.23. The van der Waals surface area contributed by atoms with E-state index in [0.29, 0.717) is 12.8 Å². The van der Waals surface area contributed by atoms with Crippen molar-refractivity contribution >= 4 is 5.91 Å². The summed E-state index contributed by atoms with van der Waals surface area (Å²) in [4.78, 5) is 16.0. The van der Waals surface area contributed by atoms with E-state index in [1.807, 2.05) is 6.07 Å². The van der Waals surface area contributed by atoms with E-state index in [4.69, 9.17) is 9.25 Å². The van der Waals surface area contributed by atoms with E-state index < -0.39 is 0 Å². The molecule has 4 heteroatoms. The second-order valence-corrected chi connectivity index (χ2v) is 2.65. The summed E-state index contributed by atoms with van der Waals surface area (Å²) in [6.07, 6.45) is 2.61. The number of nitrogens with zero attached hydrogens (tertiary/aromatic N) is 1. The molecule has 1 heterocycles. The van der Waals surface area contributed by atoms with E-state index in [9.17, 15) is 4.79 Å². The second kappa shape index (κ2) is 4.67. The summed E-state index contributed by atoms with van der Waals surface area (Å²) in [6, 6.07) is 3.65. The number of hydrogen-bond donors (Lipinski definition) is 0. The lowest BCUT2D eigenvalue weighted by atomic mass is 10.2. The number of carbonyl (C=O) groups is 1. The van der Waals surface area contributed by atoms with Crippen LogP contribution in [0.5, 0.6) is 0 Å². The average Bonchev–Trinajstić information content (AvgIpc) is 2.65. The number of carbonyl (C=O) groups excluding carboxylic acids is 1. The molecule has 0 fully saturated rings. The van der Waals surface area contributed by atoms with Gasteiger partial charge in [-0.3, -0.25) is 9.63 Å². The third kappa shape index (κ3) is 2.91. The zero-order valence-electron chi connectivity index (χ0n) is 7.82. The molecule has 0 spiro atoms. The van der Waals surface area contributed by atoms with Crippen LogP contribution in [-0.2, 0) is 16.1 Å². The minimum Gasteiger partial charge on any atom is -0.469 e. The zero-order valence-corrected chi connectivity index (χ0v) is 7.82. The summed E-state index contributed by atoms with van der Waals surface area (Å²) in [5.41, 5.74) is 0. The van der Waals surface area contributed by atoms with Crippen LogP contribution in [0.4, 0.5) is 0 Å². The molecule has 0 aliphatic rings. The first-order chi connectivity index (χ1) is 6.24. The molecule has 0 aliphatic heterocycles. The Morgan fingerprint density at radius 3 is 3.00 bits per heavy atom. The molecule has 4 nitrogen and oxygen atoms in total. The highest BCUT2D eigenvalue weighted by atomic mass is 16.7. The predicted molar refractivity (Wildman–Crippen MR) is 46.8 cm³/mol. The molecular weight excluding hydrogens is 170 g/mol. The van der Waals surface area contributed by atoms with Gasteiger partial charge in [0.1, 0.15) is 5.76 Å². The van der Waals surface area contributed by atoms with Crippen LogP contribution in [0.1, 0.15) is 12.2 Å². The Morgan fingerprint density at radius 2 is 2.46 bits per heavy atom. The summed E-state index contributed by atoms with van der Waals surface area (Å²) in [5, 5.41) is 1.21. The van der Waals surface area contributed by atoms with Crippen molar-refractivity contribution in [1.82, 2.24) is 5.06 Å². The standard InChI is InChI=1S/C9H13NO3/c1-10(12-2)9(11)6-5-8-4-3-7-13-8/h3-4,7H,5-6H2,1-2H3. The van der Waals surface area contributed by atoms with Gasteiger partial charge in [0.15, 0.2) is 0 Å². The van der Waals surface area contributed by atoms with Gasteiger partial charge in [0.25, 0.3) is 0 Å². The Labute approximate surface area is 77.0 Å². The van der Waals surface area contributed by atoms with E-state index in [1.165, 1.54) is 12.2 Å². The quantitative estimate of drug-likeness (QED) is 0.659. The fourth-order valence-electron chi connectivity index (χ4n) is 0.944. The van der Waals surface area contributed by atoms with Gasteiger partial charge in [-0.15, -0.1) is 0 Å². The third-order valence-corrected chi connectivity index (χ3v) is 1.79. The Balaban J connectivity index is 2.31. The number of hydrogen-bond acceptors (Lipinski definition) is 3. The SMILES string of the molecule is CON(C)C(=O)CCc1ccco1. The van der Waals surface area contributed by atoms with Crippen LogP contribution in [-0.4, -0.2) is 25.1 Å². The first-order valence-electron chi connectivity index (χ1n) is 4.07. The van der Waals surface area contributed by atoms with E-state index in [-0.39, 0.29) is 5.91 Å². The highest BCUT2D eigenvalue weighted by Gasteiger charge is 2.08. The Bertz CT molecular complexity index is 256. The molecule has 0 bridgehead atoms. The number of furan rings is 1. The molecule has 0 saturated carbocycles. The molecule has 0 atom stereocenters. The molecule has 0 N–H and O–H groups in total. The van der Waals surface area contributed by atoms with Crippen LogP contribution in [0.2, 0.25) is 0 Å². The minimum atomic E-state index is -0.0566. The van der Waals surface area contributed by atoms with Crippen molar-refractivity contribution in [3.8, 4) is 0 Å². The van der Waals surface area contributed by atoms with E-state index in [0.717, 1.165) is 5.76 Å².